The van der Waals surface area contributed by atoms with Gasteiger partial charge in [0.15, 0.2) is 0 Å². The average molecular weight is 209 g/mol. The summed E-state index contributed by atoms with van der Waals surface area (Å²) in [5.74, 6) is 0.673. The van der Waals surface area contributed by atoms with E-state index in [-0.39, 0.29) is 6.61 Å². The van der Waals surface area contributed by atoms with Crippen molar-refractivity contribution in [3.8, 4) is 0 Å². The quantitative estimate of drug-likeness (QED) is 0.765. The number of rotatable bonds is 6. The van der Waals surface area contributed by atoms with Crippen LogP contribution >= 0.6 is 0 Å². The van der Waals surface area contributed by atoms with Gasteiger partial charge in [-0.05, 0) is 30.9 Å². The molecule has 1 aromatic heterocycles. The van der Waals surface area contributed by atoms with Crippen LogP contribution < -0.4 is 0 Å². The molecule has 1 N–H and O–H groups in total. The van der Waals surface area contributed by atoms with Gasteiger partial charge in [-0.2, -0.15) is 0 Å². The molecule has 0 aliphatic heterocycles. The Morgan fingerprint density at radius 2 is 1.93 bits per heavy atom. The van der Waals surface area contributed by atoms with Gasteiger partial charge in [0.1, 0.15) is 0 Å². The first-order valence-corrected chi connectivity index (χ1v) is 5.97. The van der Waals surface area contributed by atoms with Crippen LogP contribution in [0.4, 0.5) is 0 Å². The molecule has 0 fully saturated rings. The van der Waals surface area contributed by atoms with Gasteiger partial charge in [0.25, 0.3) is 0 Å². The molecule has 2 heteroatoms. The highest BCUT2D eigenvalue weighted by atomic mass is 16.3. The summed E-state index contributed by atoms with van der Waals surface area (Å²) in [4.78, 5) is 0. The van der Waals surface area contributed by atoms with Crippen molar-refractivity contribution in [1.29, 1.82) is 0 Å². The fourth-order valence-corrected chi connectivity index (χ4v) is 1.89. The lowest BCUT2D eigenvalue weighted by molar-refractivity contribution is 0.269. The lowest BCUT2D eigenvalue weighted by atomic mass is 10.1. The molecule has 0 bridgehead atoms. The van der Waals surface area contributed by atoms with Gasteiger partial charge < -0.3 is 9.67 Å². The predicted molar refractivity (Wildman–Crippen MR) is 63.8 cm³/mol. The Labute approximate surface area is 92.9 Å². The first-order valence-electron chi connectivity index (χ1n) is 5.97. The maximum absolute atomic E-state index is 9.24. The van der Waals surface area contributed by atoms with Crippen LogP contribution in [0.3, 0.4) is 0 Å². The lowest BCUT2D eigenvalue weighted by Crippen LogP contribution is -2.09. The molecule has 0 saturated heterocycles. The Balaban J connectivity index is 2.79. The molecule has 1 rings (SSSR count). The molecule has 1 aromatic rings. The molecule has 0 aliphatic carbocycles. The molecule has 0 atom stereocenters. The van der Waals surface area contributed by atoms with Crippen LogP contribution in [0.15, 0.2) is 12.1 Å². The standard InChI is InChI=1S/C13H23NO/c1-4-5-8-14-12(9-11(2)3)6-7-13(14)10-15/h6-7,11,15H,4-5,8-10H2,1-3H3. The van der Waals surface area contributed by atoms with Crippen LogP contribution in [0.25, 0.3) is 0 Å². The average Bonchev–Trinajstić information content (AvgIpc) is 2.56. The Bertz CT molecular complexity index is 289. The molecule has 0 amide bonds. The van der Waals surface area contributed by atoms with E-state index in [1.165, 1.54) is 18.5 Å². The van der Waals surface area contributed by atoms with E-state index in [2.05, 4.69) is 31.4 Å². The van der Waals surface area contributed by atoms with Crippen molar-refractivity contribution in [3.05, 3.63) is 23.5 Å². The molecule has 0 radical (unpaired) electrons. The molecule has 0 unspecified atom stereocenters. The molecule has 15 heavy (non-hydrogen) atoms. The van der Waals surface area contributed by atoms with E-state index in [1.807, 2.05) is 6.07 Å². The van der Waals surface area contributed by atoms with Crippen LogP contribution in [0.5, 0.6) is 0 Å². The Morgan fingerprint density at radius 1 is 1.27 bits per heavy atom. The molecule has 1 heterocycles. The van der Waals surface area contributed by atoms with Crippen LogP contribution in [-0.2, 0) is 19.6 Å². The Morgan fingerprint density at radius 3 is 2.47 bits per heavy atom. The first-order chi connectivity index (χ1) is 7.19. The number of aliphatic hydroxyl groups excluding tert-OH is 1. The number of aliphatic hydroxyl groups is 1. The highest BCUT2D eigenvalue weighted by Gasteiger charge is 2.08. The summed E-state index contributed by atoms with van der Waals surface area (Å²) >= 11 is 0. The number of nitrogens with zero attached hydrogens (tertiary/aromatic N) is 1. The zero-order valence-electron chi connectivity index (χ0n) is 10.2. The Kier molecular flexibility index (Phi) is 4.89. The van der Waals surface area contributed by atoms with Crippen molar-refractivity contribution in [1.82, 2.24) is 4.57 Å². The monoisotopic (exact) mass is 209 g/mol. The topological polar surface area (TPSA) is 25.2 Å². The molecule has 0 saturated carbocycles. The van der Waals surface area contributed by atoms with Crippen molar-refractivity contribution in [3.63, 3.8) is 0 Å². The second-order valence-electron chi connectivity index (χ2n) is 4.58. The SMILES string of the molecule is CCCCn1c(CO)ccc1CC(C)C. The largest absolute Gasteiger partial charge is 0.390 e. The van der Waals surface area contributed by atoms with Crippen LogP contribution in [0, 0.1) is 5.92 Å². The summed E-state index contributed by atoms with van der Waals surface area (Å²) in [7, 11) is 0. The summed E-state index contributed by atoms with van der Waals surface area (Å²) in [5, 5.41) is 9.24. The van der Waals surface area contributed by atoms with E-state index in [1.54, 1.807) is 0 Å². The molecule has 0 spiro atoms. The van der Waals surface area contributed by atoms with Gasteiger partial charge in [-0.15, -0.1) is 0 Å². The van der Waals surface area contributed by atoms with Crippen molar-refractivity contribution >= 4 is 0 Å². The highest BCUT2D eigenvalue weighted by molar-refractivity contribution is 5.16. The summed E-state index contributed by atoms with van der Waals surface area (Å²) in [6.07, 6.45) is 3.49. The third kappa shape index (κ3) is 3.38. The maximum Gasteiger partial charge on any atom is 0.0832 e. The zero-order chi connectivity index (χ0) is 11.3. The van der Waals surface area contributed by atoms with Crippen LogP contribution in [0.1, 0.15) is 45.0 Å². The summed E-state index contributed by atoms with van der Waals surface area (Å²) in [6, 6.07) is 4.20. The minimum absolute atomic E-state index is 0.155. The van der Waals surface area contributed by atoms with Gasteiger partial charge in [-0.3, -0.25) is 0 Å². The van der Waals surface area contributed by atoms with Crippen molar-refractivity contribution < 1.29 is 5.11 Å². The van der Waals surface area contributed by atoms with E-state index in [0.717, 1.165) is 18.7 Å². The first kappa shape index (κ1) is 12.3. The minimum atomic E-state index is 0.155. The van der Waals surface area contributed by atoms with Gasteiger partial charge in [0, 0.05) is 17.9 Å². The van der Waals surface area contributed by atoms with Gasteiger partial charge in [0.2, 0.25) is 0 Å². The van der Waals surface area contributed by atoms with Gasteiger partial charge >= 0.3 is 0 Å². The fraction of sp³-hybridized carbons (Fsp3) is 0.692. The summed E-state index contributed by atoms with van der Waals surface area (Å²) < 4.78 is 2.28. The van der Waals surface area contributed by atoms with Crippen molar-refractivity contribution in [2.75, 3.05) is 0 Å². The maximum atomic E-state index is 9.24. The van der Waals surface area contributed by atoms with E-state index in [9.17, 15) is 5.11 Å². The van der Waals surface area contributed by atoms with E-state index >= 15 is 0 Å². The second kappa shape index (κ2) is 5.96. The summed E-state index contributed by atoms with van der Waals surface area (Å²) in [5.41, 5.74) is 2.42. The van der Waals surface area contributed by atoms with Crippen molar-refractivity contribution in [2.24, 2.45) is 5.92 Å². The summed E-state index contributed by atoms with van der Waals surface area (Å²) in [6.45, 7) is 7.86. The zero-order valence-corrected chi connectivity index (χ0v) is 10.2. The third-order valence-electron chi connectivity index (χ3n) is 2.68. The fourth-order valence-electron chi connectivity index (χ4n) is 1.89. The molecule has 0 aromatic carbocycles. The number of aromatic nitrogens is 1. The van der Waals surface area contributed by atoms with Crippen LogP contribution in [0.2, 0.25) is 0 Å². The minimum Gasteiger partial charge on any atom is -0.390 e. The van der Waals surface area contributed by atoms with Gasteiger partial charge in [0.05, 0.1) is 6.61 Å². The number of hydrogen-bond donors (Lipinski definition) is 1. The van der Waals surface area contributed by atoms with E-state index < -0.39 is 0 Å². The highest BCUT2D eigenvalue weighted by Crippen LogP contribution is 2.15. The predicted octanol–water partition coefficient (Wildman–Crippen LogP) is 2.98. The van der Waals surface area contributed by atoms with Crippen molar-refractivity contribution in [2.45, 2.75) is 53.2 Å². The van der Waals surface area contributed by atoms with Crippen LogP contribution in [-0.4, -0.2) is 9.67 Å². The van der Waals surface area contributed by atoms with E-state index in [0.29, 0.717) is 5.92 Å². The third-order valence-corrected chi connectivity index (χ3v) is 2.68. The number of hydrogen-bond acceptors (Lipinski definition) is 1. The number of unbranched alkanes of at least 4 members (excludes halogenated alkanes) is 1. The van der Waals surface area contributed by atoms with Gasteiger partial charge in [-0.1, -0.05) is 27.2 Å². The molecule has 2 nitrogen and oxygen atoms in total. The lowest BCUT2D eigenvalue weighted by Gasteiger charge is -2.13. The van der Waals surface area contributed by atoms with E-state index in [4.69, 9.17) is 0 Å². The smallest absolute Gasteiger partial charge is 0.0832 e. The Hall–Kier alpha value is -0.760. The molecular weight excluding hydrogens is 186 g/mol. The molecule has 0 aliphatic rings. The molecular formula is C13H23NO. The molecule has 86 valence electrons. The normalized spacial score (nSPS) is 11.3. The second-order valence-corrected chi connectivity index (χ2v) is 4.58. The van der Waals surface area contributed by atoms with Gasteiger partial charge in [-0.25, -0.2) is 0 Å².